The van der Waals surface area contributed by atoms with Crippen LogP contribution in [0.15, 0.2) is 28.8 Å². The Labute approximate surface area is 135 Å². The van der Waals surface area contributed by atoms with E-state index in [-0.39, 0.29) is 6.10 Å². The van der Waals surface area contributed by atoms with Gasteiger partial charge in [-0.25, -0.2) is 0 Å². The first-order valence-corrected chi connectivity index (χ1v) is 7.72. The number of hydrogen-bond acceptors (Lipinski definition) is 7. The minimum Gasteiger partial charge on any atom is -0.497 e. The lowest BCUT2D eigenvalue weighted by atomic mass is 10.2. The normalized spacial score (nSPS) is 19.0. The van der Waals surface area contributed by atoms with Gasteiger partial charge in [-0.2, -0.15) is 4.98 Å². The average Bonchev–Trinajstić information content (AvgIpc) is 3.04. The smallest absolute Gasteiger partial charge is 0.257 e. The second-order valence-electron chi connectivity index (χ2n) is 5.63. The topological polar surface area (TPSA) is 72.7 Å². The van der Waals surface area contributed by atoms with Crippen LogP contribution in [0.5, 0.6) is 5.75 Å². The van der Waals surface area contributed by atoms with Crippen molar-refractivity contribution < 1.29 is 14.0 Å². The van der Waals surface area contributed by atoms with E-state index in [2.05, 4.69) is 27.4 Å². The molecule has 1 aromatic carbocycles. The maximum Gasteiger partial charge on any atom is 0.257 e. The zero-order valence-electron chi connectivity index (χ0n) is 13.5. The van der Waals surface area contributed by atoms with Crippen molar-refractivity contribution in [3.8, 4) is 17.2 Å². The molecular formula is C16H22N4O3. The molecule has 0 radical (unpaired) electrons. The lowest BCUT2D eigenvalue weighted by Crippen LogP contribution is -2.44. The SMILES string of the molecule is COc1ccc(-c2nc(CNC[C@H]3CN(C)CCO3)no2)cc1. The van der Waals surface area contributed by atoms with Gasteiger partial charge in [0, 0.05) is 25.2 Å². The molecule has 0 unspecified atom stereocenters. The number of aromatic nitrogens is 2. The Hall–Kier alpha value is -1.96. The molecule has 3 rings (SSSR count). The number of ether oxygens (including phenoxy) is 2. The number of nitrogens with one attached hydrogen (secondary N) is 1. The molecule has 0 saturated carbocycles. The summed E-state index contributed by atoms with van der Waals surface area (Å²) in [6.45, 7) is 4.05. The van der Waals surface area contributed by atoms with Crippen LogP contribution in [0.2, 0.25) is 0 Å². The average molecular weight is 318 g/mol. The summed E-state index contributed by atoms with van der Waals surface area (Å²) in [5.74, 6) is 1.95. The van der Waals surface area contributed by atoms with E-state index in [9.17, 15) is 0 Å². The first kappa shape index (κ1) is 15.9. The molecule has 1 aliphatic rings. The van der Waals surface area contributed by atoms with Crippen molar-refractivity contribution in [1.82, 2.24) is 20.4 Å². The van der Waals surface area contributed by atoms with E-state index >= 15 is 0 Å². The quantitative estimate of drug-likeness (QED) is 0.857. The molecule has 2 aromatic rings. The van der Waals surface area contributed by atoms with E-state index in [4.69, 9.17) is 14.0 Å². The predicted octanol–water partition coefficient (Wildman–Crippen LogP) is 1.17. The van der Waals surface area contributed by atoms with Crippen molar-refractivity contribution in [3.63, 3.8) is 0 Å². The third-order valence-electron chi connectivity index (χ3n) is 3.80. The first-order chi connectivity index (χ1) is 11.2. The fourth-order valence-electron chi connectivity index (χ4n) is 2.51. The summed E-state index contributed by atoms with van der Waals surface area (Å²) in [6.07, 6.45) is 0.210. The van der Waals surface area contributed by atoms with Gasteiger partial charge < -0.3 is 24.2 Å². The van der Waals surface area contributed by atoms with Crippen LogP contribution in [0.4, 0.5) is 0 Å². The maximum atomic E-state index is 5.70. The monoisotopic (exact) mass is 318 g/mol. The summed E-state index contributed by atoms with van der Waals surface area (Å²) >= 11 is 0. The number of benzene rings is 1. The first-order valence-electron chi connectivity index (χ1n) is 7.72. The Morgan fingerprint density at radius 3 is 2.91 bits per heavy atom. The zero-order chi connectivity index (χ0) is 16.1. The van der Waals surface area contributed by atoms with Crippen molar-refractivity contribution in [3.05, 3.63) is 30.1 Å². The summed E-state index contributed by atoms with van der Waals surface area (Å²) in [4.78, 5) is 6.67. The third kappa shape index (κ3) is 4.28. The predicted molar refractivity (Wildman–Crippen MR) is 85.2 cm³/mol. The summed E-state index contributed by atoms with van der Waals surface area (Å²) in [7, 11) is 3.75. The van der Waals surface area contributed by atoms with Gasteiger partial charge in [0.05, 0.1) is 26.4 Å². The van der Waals surface area contributed by atoms with Gasteiger partial charge in [0.15, 0.2) is 5.82 Å². The maximum absolute atomic E-state index is 5.70. The fourth-order valence-corrected chi connectivity index (χ4v) is 2.51. The number of likely N-dealkylation sites (N-methyl/N-ethyl adjacent to an activating group) is 1. The number of nitrogens with zero attached hydrogens (tertiary/aromatic N) is 3. The molecule has 1 saturated heterocycles. The second kappa shape index (κ2) is 7.54. The summed E-state index contributed by atoms with van der Waals surface area (Å²) < 4.78 is 16.1. The Bertz CT molecular complexity index is 614. The van der Waals surface area contributed by atoms with E-state index in [1.807, 2.05) is 24.3 Å². The minimum atomic E-state index is 0.210. The highest BCUT2D eigenvalue weighted by Gasteiger charge is 2.17. The molecule has 0 amide bonds. The molecule has 23 heavy (non-hydrogen) atoms. The molecule has 1 atom stereocenters. The molecule has 1 fully saturated rings. The summed E-state index contributed by atoms with van der Waals surface area (Å²) in [5.41, 5.74) is 0.877. The van der Waals surface area contributed by atoms with Crippen LogP contribution in [-0.4, -0.2) is 61.5 Å². The van der Waals surface area contributed by atoms with Crippen LogP contribution in [0.1, 0.15) is 5.82 Å². The largest absolute Gasteiger partial charge is 0.497 e. The van der Waals surface area contributed by atoms with Crippen LogP contribution < -0.4 is 10.1 Å². The van der Waals surface area contributed by atoms with E-state index in [1.165, 1.54) is 0 Å². The molecule has 1 N–H and O–H groups in total. The molecule has 0 spiro atoms. The fraction of sp³-hybridized carbons (Fsp3) is 0.500. The van der Waals surface area contributed by atoms with Crippen molar-refractivity contribution >= 4 is 0 Å². The van der Waals surface area contributed by atoms with Gasteiger partial charge in [0.2, 0.25) is 0 Å². The summed E-state index contributed by atoms with van der Waals surface area (Å²) in [5, 5.41) is 7.32. The minimum absolute atomic E-state index is 0.210. The van der Waals surface area contributed by atoms with Gasteiger partial charge in [-0.3, -0.25) is 0 Å². The van der Waals surface area contributed by atoms with E-state index in [0.717, 1.165) is 37.6 Å². The number of rotatable bonds is 6. The highest BCUT2D eigenvalue weighted by molar-refractivity contribution is 5.54. The Kier molecular flexibility index (Phi) is 5.22. The lowest BCUT2D eigenvalue weighted by Gasteiger charge is -2.30. The molecule has 1 aliphatic heterocycles. The third-order valence-corrected chi connectivity index (χ3v) is 3.80. The van der Waals surface area contributed by atoms with Crippen LogP contribution in [0.25, 0.3) is 11.5 Å². The molecular weight excluding hydrogens is 296 g/mol. The molecule has 2 heterocycles. The molecule has 7 nitrogen and oxygen atoms in total. The second-order valence-corrected chi connectivity index (χ2v) is 5.63. The highest BCUT2D eigenvalue weighted by atomic mass is 16.5. The van der Waals surface area contributed by atoms with Gasteiger partial charge in [-0.15, -0.1) is 0 Å². The van der Waals surface area contributed by atoms with Gasteiger partial charge in [-0.1, -0.05) is 5.16 Å². The standard InChI is InChI=1S/C16H22N4O3/c1-20-7-8-22-14(11-20)9-17-10-15-18-16(23-19-15)12-3-5-13(21-2)6-4-12/h3-6,14,17H,7-11H2,1-2H3/t14-/m0/s1. The lowest BCUT2D eigenvalue weighted by molar-refractivity contribution is -0.0182. The van der Waals surface area contributed by atoms with Crippen LogP contribution in [0, 0.1) is 0 Å². The number of methoxy groups -OCH3 is 1. The molecule has 0 aliphatic carbocycles. The van der Waals surface area contributed by atoms with Gasteiger partial charge in [-0.05, 0) is 31.3 Å². The van der Waals surface area contributed by atoms with E-state index < -0.39 is 0 Å². The number of hydrogen-bond donors (Lipinski definition) is 1. The highest BCUT2D eigenvalue weighted by Crippen LogP contribution is 2.20. The molecule has 0 bridgehead atoms. The van der Waals surface area contributed by atoms with Gasteiger partial charge >= 0.3 is 0 Å². The van der Waals surface area contributed by atoms with Crippen molar-refractivity contribution in [2.75, 3.05) is 40.4 Å². The van der Waals surface area contributed by atoms with E-state index in [0.29, 0.717) is 18.3 Å². The molecule has 124 valence electrons. The van der Waals surface area contributed by atoms with Crippen LogP contribution >= 0.6 is 0 Å². The zero-order valence-corrected chi connectivity index (χ0v) is 13.5. The van der Waals surface area contributed by atoms with Crippen molar-refractivity contribution in [1.29, 1.82) is 0 Å². The van der Waals surface area contributed by atoms with Crippen LogP contribution in [0.3, 0.4) is 0 Å². The molecule has 1 aromatic heterocycles. The van der Waals surface area contributed by atoms with Crippen molar-refractivity contribution in [2.45, 2.75) is 12.6 Å². The molecule has 7 heteroatoms. The van der Waals surface area contributed by atoms with Gasteiger partial charge in [0.25, 0.3) is 5.89 Å². The Morgan fingerprint density at radius 2 is 2.17 bits per heavy atom. The van der Waals surface area contributed by atoms with Crippen LogP contribution in [-0.2, 0) is 11.3 Å². The Morgan fingerprint density at radius 1 is 1.35 bits per heavy atom. The summed E-state index contributed by atoms with van der Waals surface area (Å²) in [6, 6.07) is 7.53. The van der Waals surface area contributed by atoms with Gasteiger partial charge in [0.1, 0.15) is 5.75 Å². The Balaban J connectivity index is 1.50. The van der Waals surface area contributed by atoms with Crippen molar-refractivity contribution in [2.24, 2.45) is 0 Å². The number of morpholine rings is 1. The van der Waals surface area contributed by atoms with E-state index in [1.54, 1.807) is 7.11 Å².